The van der Waals surface area contributed by atoms with E-state index < -0.39 is 0 Å². The normalized spacial score (nSPS) is 16.4. The van der Waals surface area contributed by atoms with E-state index in [4.69, 9.17) is 9.52 Å². The van der Waals surface area contributed by atoms with Crippen LogP contribution in [-0.4, -0.2) is 32.2 Å². The molecule has 1 N–H and O–H groups in total. The van der Waals surface area contributed by atoms with Gasteiger partial charge in [-0.2, -0.15) is 0 Å². The van der Waals surface area contributed by atoms with Crippen LogP contribution < -0.4 is 0 Å². The average Bonchev–Trinajstić information content (AvgIpc) is 3.17. The van der Waals surface area contributed by atoms with Crippen molar-refractivity contribution in [2.75, 3.05) is 12.4 Å². The molecule has 21 heavy (non-hydrogen) atoms. The van der Waals surface area contributed by atoms with Gasteiger partial charge in [0, 0.05) is 18.4 Å². The summed E-state index contributed by atoms with van der Waals surface area (Å²) in [6.45, 7) is 0.218. The van der Waals surface area contributed by atoms with Crippen LogP contribution in [0.5, 0.6) is 0 Å². The van der Waals surface area contributed by atoms with Crippen molar-refractivity contribution in [3.8, 4) is 11.6 Å². The Labute approximate surface area is 128 Å². The highest BCUT2D eigenvalue weighted by Crippen LogP contribution is 2.35. The molecular weight excluding hydrogens is 286 g/mol. The Hall–Kier alpha value is -1.27. The quantitative estimate of drug-likeness (QED) is 0.653. The maximum atomic E-state index is 8.95. The first-order chi connectivity index (χ1) is 10.4. The summed E-state index contributed by atoms with van der Waals surface area (Å²) in [6, 6.07) is 4.28. The van der Waals surface area contributed by atoms with Gasteiger partial charge < -0.3 is 9.52 Å². The predicted molar refractivity (Wildman–Crippen MR) is 82.3 cm³/mol. The lowest BCUT2D eigenvalue weighted by molar-refractivity contribution is 0.296. The van der Waals surface area contributed by atoms with Crippen LogP contribution in [0.3, 0.4) is 0 Å². The van der Waals surface area contributed by atoms with E-state index in [-0.39, 0.29) is 6.61 Å². The van der Waals surface area contributed by atoms with E-state index in [1.54, 1.807) is 18.0 Å². The molecule has 1 fully saturated rings. The lowest BCUT2D eigenvalue weighted by atomic mass is 9.95. The minimum Gasteiger partial charge on any atom is -0.461 e. The highest BCUT2D eigenvalue weighted by atomic mass is 32.2. The highest BCUT2D eigenvalue weighted by Gasteiger charge is 2.24. The van der Waals surface area contributed by atoms with E-state index in [0.29, 0.717) is 6.04 Å². The van der Waals surface area contributed by atoms with Crippen LogP contribution in [0.25, 0.3) is 11.6 Å². The van der Waals surface area contributed by atoms with Gasteiger partial charge in [-0.05, 0) is 31.4 Å². The highest BCUT2D eigenvalue weighted by molar-refractivity contribution is 7.99. The van der Waals surface area contributed by atoms with Crippen molar-refractivity contribution >= 4 is 11.8 Å². The number of furan rings is 1. The van der Waals surface area contributed by atoms with Crippen LogP contribution in [0, 0.1) is 0 Å². The molecule has 6 heteroatoms. The third-order valence-electron chi connectivity index (χ3n) is 3.88. The lowest BCUT2D eigenvalue weighted by Gasteiger charge is -2.25. The molecule has 1 aliphatic carbocycles. The van der Waals surface area contributed by atoms with Crippen LogP contribution >= 0.6 is 11.8 Å². The van der Waals surface area contributed by atoms with Gasteiger partial charge in [-0.25, -0.2) is 0 Å². The Morgan fingerprint density at radius 2 is 2.14 bits per heavy atom. The molecule has 0 aromatic carbocycles. The number of hydrogen-bond acceptors (Lipinski definition) is 5. The molecule has 2 aromatic heterocycles. The minimum absolute atomic E-state index is 0.218. The molecule has 0 amide bonds. The van der Waals surface area contributed by atoms with E-state index >= 15 is 0 Å². The van der Waals surface area contributed by atoms with Crippen LogP contribution in [0.1, 0.15) is 44.6 Å². The first-order valence-electron chi connectivity index (χ1n) is 7.62. The second-order valence-corrected chi connectivity index (χ2v) is 6.43. The standard InChI is InChI=1S/C15H21N3O2S/c19-9-5-11-21-15-17-16-14(13-8-4-10-20-13)18(15)12-6-2-1-3-7-12/h4,8,10,12,19H,1-3,5-7,9,11H2. The van der Waals surface area contributed by atoms with Gasteiger partial charge in [0.1, 0.15) is 0 Å². The largest absolute Gasteiger partial charge is 0.461 e. The maximum Gasteiger partial charge on any atom is 0.200 e. The SMILES string of the molecule is OCCCSc1nnc(-c2ccco2)n1C1CCCCC1. The summed E-state index contributed by atoms with van der Waals surface area (Å²) >= 11 is 1.67. The van der Waals surface area contributed by atoms with Gasteiger partial charge in [0.25, 0.3) is 0 Å². The van der Waals surface area contributed by atoms with Gasteiger partial charge in [0.15, 0.2) is 10.9 Å². The van der Waals surface area contributed by atoms with Crippen molar-refractivity contribution in [3.05, 3.63) is 18.4 Å². The summed E-state index contributed by atoms with van der Waals surface area (Å²) in [5.41, 5.74) is 0. The number of hydrogen-bond donors (Lipinski definition) is 1. The molecule has 3 rings (SSSR count). The fourth-order valence-electron chi connectivity index (χ4n) is 2.85. The lowest BCUT2D eigenvalue weighted by Crippen LogP contribution is -2.15. The number of aromatic nitrogens is 3. The van der Waals surface area contributed by atoms with E-state index in [2.05, 4.69) is 14.8 Å². The third-order valence-corrected chi connectivity index (χ3v) is 4.91. The van der Waals surface area contributed by atoms with Gasteiger partial charge >= 0.3 is 0 Å². The van der Waals surface area contributed by atoms with Crippen molar-refractivity contribution in [2.24, 2.45) is 0 Å². The molecule has 1 saturated carbocycles. The van der Waals surface area contributed by atoms with Gasteiger partial charge in [-0.1, -0.05) is 31.0 Å². The molecule has 0 saturated heterocycles. The molecule has 0 spiro atoms. The van der Waals surface area contributed by atoms with Crippen molar-refractivity contribution in [1.29, 1.82) is 0 Å². The molecule has 0 aliphatic heterocycles. The first-order valence-corrected chi connectivity index (χ1v) is 8.61. The molecule has 114 valence electrons. The predicted octanol–water partition coefficient (Wildman–Crippen LogP) is 3.52. The molecule has 0 radical (unpaired) electrons. The summed E-state index contributed by atoms with van der Waals surface area (Å²) in [4.78, 5) is 0. The summed E-state index contributed by atoms with van der Waals surface area (Å²) < 4.78 is 7.77. The molecule has 1 aliphatic rings. The van der Waals surface area contributed by atoms with Crippen molar-refractivity contribution < 1.29 is 9.52 Å². The Bertz CT molecular complexity index is 547. The zero-order chi connectivity index (χ0) is 14.5. The van der Waals surface area contributed by atoms with Crippen molar-refractivity contribution in [1.82, 2.24) is 14.8 Å². The fourth-order valence-corrected chi connectivity index (χ4v) is 3.77. The van der Waals surface area contributed by atoms with Crippen LogP contribution in [0.4, 0.5) is 0 Å². The monoisotopic (exact) mass is 307 g/mol. The maximum absolute atomic E-state index is 8.95. The van der Waals surface area contributed by atoms with Crippen molar-refractivity contribution in [3.63, 3.8) is 0 Å². The smallest absolute Gasteiger partial charge is 0.200 e. The molecule has 2 aromatic rings. The second kappa shape index (κ2) is 7.13. The van der Waals surface area contributed by atoms with Gasteiger partial charge in [0.05, 0.1) is 6.26 Å². The summed E-state index contributed by atoms with van der Waals surface area (Å²) in [7, 11) is 0. The van der Waals surface area contributed by atoms with Crippen LogP contribution in [-0.2, 0) is 0 Å². The second-order valence-electron chi connectivity index (χ2n) is 5.37. The zero-order valence-electron chi connectivity index (χ0n) is 12.1. The summed E-state index contributed by atoms with van der Waals surface area (Å²) in [5.74, 6) is 2.47. The van der Waals surface area contributed by atoms with E-state index in [1.807, 2.05) is 12.1 Å². The molecule has 0 atom stereocenters. The van der Waals surface area contributed by atoms with Crippen LogP contribution in [0.15, 0.2) is 28.0 Å². The van der Waals surface area contributed by atoms with Gasteiger partial charge in [0.2, 0.25) is 5.82 Å². The molecule has 5 nitrogen and oxygen atoms in total. The molecular formula is C15H21N3O2S. The third kappa shape index (κ3) is 3.32. The van der Waals surface area contributed by atoms with E-state index in [9.17, 15) is 0 Å². The van der Waals surface area contributed by atoms with Crippen LogP contribution in [0.2, 0.25) is 0 Å². The molecule has 0 unspecified atom stereocenters. The van der Waals surface area contributed by atoms with Gasteiger partial charge in [-0.3, -0.25) is 4.57 Å². The van der Waals surface area contributed by atoms with E-state index in [0.717, 1.165) is 28.9 Å². The average molecular weight is 307 g/mol. The number of aliphatic hydroxyl groups is 1. The molecule has 0 bridgehead atoms. The van der Waals surface area contributed by atoms with Gasteiger partial charge in [-0.15, -0.1) is 10.2 Å². The van der Waals surface area contributed by atoms with E-state index in [1.165, 1.54) is 32.1 Å². The minimum atomic E-state index is 0.218. The Balaban J connectivity index is 1.89. The Kier molecular flexibility index (Phi) is 4.98. The molecule has 2 heterocycles. The summed E-state index contributed by atoms with van der Waals surface area (Å²) in [6.07, 6.45) is 8.66. The number of nitrogens with zero attached hydrogens (tertiary/aromatic N) is 3. The Morgan fingerprint density at radius 3 is 2.86 bits per heavy atom. The fraction of sp³-hybridized carbons (Fsp3) is 0.600. The topological polar surface area (TPSA) is 64.1 Å². The number of thioether (sulfide) groups is 1. The zero-order valence-corrected chi connectivity index (χ0v) is 12.9. The first kappa shape index (κ1) is 14.7. The number of aliphatic hydroxyl groups excluding tert-OH is 1. The Morgan fingerprint density at radius 1 is 1.29 bits per heavy atom. The van der Waals surface area contributed by atoms with Crippen molar-refractivity contribution in [2.45, 2.75) is 49.7 Å². The number of rotatable bonds is 6. The summed E-state index contributed by atoms with van der Waals surface area (Å²) in [5, 5.41) is 18.6.